The Morgan fingerprint density at radius 3 is 2.51 bits per heavy atom. The number of benzene rings is 1. The minimum Gasteiger partial charge on any atom is -0.473 e. The molecule has 7 rings (SSSR count). The van der Waals surface area contributed by atoms with E-state index in [0.717, 1.165) is 72.6 Å². The highest BCUT2D eigenvalue weighted by Crippen LogP contribution is 2.44. The smallest absolute Gasteiger partial charge is 0.255 e. The maximum atomic E-state index is 14.0. The molecule has 0 radical (unpaired) electrons. The van der Waals surface area contributed by atoms with Gasteiger partial charge in [-0.05, 0) is 99.8 Å². The summed E-state index contributed by atoms with van der Waals surface area (Å²) in [6.45, 7) is 13.7. The number of aryl methyl sites for hydroxylation is 2. The Morgan fingerprint density at radius 1 is 1.02 bits per heavy atom. The van der Waals surface area contributed by atoms with E-state index >= 15 is 0 Å². The van der Waals surface area contributed by atoms with E-state index in [1.807, 2.05) is 41.4 Å². The second kappa shape index (κ2) is 13.2. The van der Waals surface area contributed by atoms with E-state index in [-0.39, 0.29) is 5.91 Å². The number of carbonyl (C=O) groups excluding carboxylic acids is 1. The number of ether oxygens (including phenoxy) is 2. The average molecular weight is 628 g/mol. The molecule has 0 bridgehead atoms. The number of hydrogen-bond acceptors (Lipinski definition) is 6. The van der Waals surface area contributed by atoms with Crippen LogP contribution in [0.4, 0.5) is 0 Å². The van der Waals surface area contributed by atoms with Gasteiger partial charge in [0.15, 0.2) is 0 Å². The molecule has 2 saturated carbocycles. The quantitative estimate of drug-likeness (QED) is 0.219. The molecule has 4 aliphatic rings. The van der Waals surface area contributed by atoms with Crippen LogP contribution in [0.2, 0.25) is 0 Å². The number of fused-ring (bicyclic) bond motifs is 1. The Hall–Kier alpha value is -2.74. The fourth-order valence-corrected chi connectivity index (χ4v) is 9.23. The normalized spacial score (nSPS) is 23.1. The molecule has 2 aromatic heterocycles. The maximum Gasteiger partial charge on any atom is 0.255 e. The molecule has 3 aromatic rings. The zero-order chi connectivity index (χ0) is 31.1. The van der Waals surface area contributed by atoms with Gasteiger partial charge in [-0.25, -0.2) is 4.98 Å². The van der Waals surface area contributed by atoms with E-state index in [2.05, 4.69) is 43.9 Å². The Labute approximate surface area is 273 Å². The monoisotopic (exact) mass is 627 g/mol. The number of likely N-dealkylation sites (tertiary alicyclic amines) is 1. The van der Waals surface area contributed by atoms with Gasteiger partial charge in [0.25, 0.3) is 5.91 Å². The van der Waals surface area contributed by atoms with Gasteiger partial charge in [0, 0.05) is 59.7 Å². The Balaban J connectivity index is 0.982. The van der Waals surface area contributed by atoms with Gasteiger partial charge in [-0.15, -0.1) is 11.3 Å². The molecule has 0 spiro atoms. The van der Waals surface area contributed by atoms with E-state index in [1.54, 1.807) is 0 Å². The number of rotatable bonds is 11. The Bertz CT molecular complexity index is 1500. The van der Waals surface area contributed by atoms with Crippen LogP contribution in [0.3, 0.4) is 0 Å². The van der Waals surface area contributed by atoms with Gasteiger partial charge in [-0.3, -0.25) is 9.69 Å². The molecule has 0 N–H and O–H groups in total. The molecule has 45 heavy (non-hydrogen) atoms. The summed E-state index contributed by atoms with van der Waals surface area (Å²) in [5.74, 6) is 2.85. The van der Waals surface area contributed by atoms with Crippen molar-refractivity contribution in [2.45, 2.75) is 104 Å². The lowest BCUT2D eigenvalue weighted by molar-refractivity contribution is -0.0820. The van der Waals surface area contributed by atoms with Crippen molar-refractivity contribution < 1.29 is 14.3 Å². The van der Waals surface area contributed by atoms with Gasteiger partial charge in [0.05, 0.1) is 18.2 Å². The van der Waals surface area contributed by atoms with E-state index in [0.29, 0.717) is 37.0 Å². The van der Waals surface area contributed by atoms with E-state index in [9.17, 15) is 4.79 Å². The molecule has 3 fully saturated rings. The van der Waals surface area contributed by atoms with Crippen molar-refractivity contribution in [2.24, 2.45) is 11.8 Å². The topological polar surface area (TPSA) is 54.9 Å². The van der Waals surface area contributed by atoms with Crippen molar-refractivity contribution in [3.8, 4) is 5.88 Å². The molecule has 2 aliphatic carbocycles. The first kappa shape index (κ1) is 30.9. The number of nitrogens with zero attached hydrogens (tertiary/aromatic N) is 3. The molecule has 0 unspecified atom stereocenters. The van der Waals surface area contributed by atoms with Crippen molar-refractivity contribution in [1.29, 1.82) is 0 Å². The van der Waals surface area contributed by atoms with Gasteiger partial charge in [0.1, 0.15) is 6.61 Å². The van der Waals surface area contributed by atoms with Crippen LogP contribution in [-0.4, -0.2) is 59.1 Å². The summed E-state index contributed by atoms with van der Waals surface area (Å²) in [6, 6.07) is 13.0. The summed E-state index contributed by atoms with van der Waals surface area (Å²) in [6.07, 6.45) is 9.28. The number of amides is 1. The number of hydrogen-bond donors (Lipinski definition) is 0. The average Bonchev–Trinajstić information content (AvgIpc) is 3.79. The van der Waals surface area contributed by atoms with Crippen LogP contribution >= 0.6 is 11.3 Å². The first-order valence-corrected chi connectivity index (χ1v) is 18.1. The second-order valence-corrected chi connectivity index (χ2v) is 15.4. The van der Waals surface area contributed by atoms with Crippen LogP contribution in [0, 0.1) is 32.6 Å². The summed E-state index contributed by atoms with van der Waals surface area (Å²) >= 11 is 1.91. The highest BCUT2D eigenvalue weighted by atomic mass is 32.1. The van der Waals surface area contributed by atoms with E-state index in [4.69, 9.17) is 14.5 Å². The molecule has 2 aliphatic heterocycles. The molecular formula is C38H49N3O3S. The molecule has 7 heteroatoms. The third-order valence-corrected chi connectivity index (χ3v) is 12.4. The van der Waals surface area contributed by atoms with Crippen LogP contribution in [0.1, 0.15) is 99.4 Å². The molecule has 1 atom stereocenters. The summed E-state index contributed by atoms with van der Waals surface area (Å²) in [5, 5.41) is 0. The largest absolute Gasteiger partial charge is 0.473 e. The predicted octanol–water partition coefficient (Wildman–Crippen LogP) is 7.62. The lowest BCUT2D eigenvalue weighted by atomic mass is 9.76. The van der Waals surface area contributed by atoms with Crippen LogP contribution in [0.15, 0.2) is 36.4 Å². The lowest BCUT2D eigenvalue weighted by Gasteiger charge is -2.46. The molecule has 4 heterocycles. The molecular weight excluding hydrogens is 579 g/mol. The van der Waals surface area contributed by atoms with Crippen LogP contribution in [0.5, 0.6) is 5.88 Å². The standard InChI is InChI=1S/C38H49N3O3S/c1-24-18-25(2)39-37(44-23-28-8-6-5-7-9-28)33(24)21-40-17-16-34-35(38(40)42)27(4)36(45-34)26(3)30-12-14-31(15-13-30)41-19-32(20-41)43-22-29-10-11-29/h5-9,18,26,29-32H,10-17,19-23H2,1-4H3/t26-,30?,31?/m1/s1. The fourth-order valence-electron chi connectivity index (χ4n) is 7.80. The highest BCUT2D eigenvalue weighted by molar-refractivity contribution is 7.12. The summed E-state index contributed by atoms with van der Waals surface area (Å²) in [4.78, 5) is 26.2. The zero-order valence-corrected chi connectivity index (χ0v) is 28.3. The van der Waals surface area contributed by atoms with Crippen LogP contribution in [-0.2, 0) is 24.3 Å². The van der Waals surface area contributed by atoms with Crippen LogP contribution < -0.4 is 4.74 Å². The minimum atomic E-state index is 0.164. The summed E-state index contributed by atoms with van der Waals surface area (Å²) in [5.41, 5.74) is 6.35. The third-order valence-electron chi connectivity index (χ3n) is 10.9. The van der Waals surface area contributed by atoms with Gasteiger partial charge in [-0.1, -0.05) is 37.3 Å². The fraction of sp³-hybridized carbons (Fsp3) is 0.579. The van der Waals surface area contributed by atoms with Gasteiger partial charge in [-0.2, -0.15) is 0 Å². The number of carbonyl (C=O) groups is 1. The maximum absolute atomic E-state index is 14.0. The van der Waals surface area contributed by atoms with E-state index in [1.165, 1.54) is 53.8 Å². The van der Waals surface area contributed by atoms with Crippen molar-refractivity contribution in [2.75, 3.05) is 26.2 Å². The van der Waals surface area contributed by atoms with Crippen molar-refractivity contribution in [3.63, 3.8) is 0 Å². The molecule has 1 aromatic carbocycles. The minimum absolute atomic E-state index is 0.164. The van der Waals surface area contributed by atoms with Gasteiger partial charge < -0.3 is 14.4 Å². The van der Waals surface area contributed by atoms with Crippen molar-refractivity contribution in [1.82, 2.24) is 14.8 Å². The van der Waals surface area contributed by atoms with E-state index < -0.39 is 0 Å². The van der Waals surface area contributed by atoms with Crippen molar-refractivity contribution >= 4 is 17.2 Å². The SMILES string of the molecule is Cc1cc(C)c(CN2CCc3sc([C@H](C)C4CCC(N5CC(OCC6CC6)C5)CC4)c(C)c3C2=O)c(OCc2ccccc2)n1. The molecule has 240 valence electrons. The number of thiophene rings is 1. The molecule has 1 saturated heterocycles. The predicted molar refractivity (Wildman–Crippen MR) is 180 cm³/mol. The summed E-state index contributed by atoms with van der Waals surface area (Å²) < 4.78 is 12.4. The highest BCUT2D eigenvalue weighted by Gasteiger charge is 2.38. The number of pyridine rings is 1. The lowest BCUT2D eigenvalue weighted by Crippen LogP contribution is -2.57. The van der Waals surface area contributed by atoms with Gasteiger partial charge >= 0.3 is 0 Å². The second-order valence-electron chi connectivity index (χ2n) is 14.2. The zero-order valence-electron chi connectivity index (χ0n) is 27.5. The third kappa shape index (κ3) is 6.72. The van der Waals surface area contributed by atoms with Crippen molar-refractivity contribution in [3.05, 3.63) is 79.7 Å². The molecule has 1 amide bonds. The number of aromatic nitrogens is 1. The van der Waals surface area contributed by atoms with Crippen LogP contribution in [0.25, 0.3) is 0 Å². The van der Waals surface area contributed by atoms with Gasteiger partial charge in [0.2, 0.25) is 5.88 Å². The first-order chi connectivity index (χ1) is 21.8. The first-order valence-electron chi connectivity index (χ1n) is 17.2. The Kier molecular flexibility index (Phi) is 9.04. The molecule has 6 nitrogen and oxygen atoms in total. The summed E-state index contributed by atoms with van der Waals surface area (Å²) in [7, 11) is 0. The Morgan fingerprint density at radius 2 is 1.78 bits per heavy atom.